The van der Waals surface area contributed by atoms with Crippen molar-refractivity contribution in [1.82, 2.24) is 4.90 Å². The summed E-state index contributed by atoms with van der Waals surface area (Å²) in [6.07, 6.45) is -4.44. The molecule has 2 aliphatic heterocycles. The van der Waals surface area contributed by atoms with Crippen LogP contribution in [0.5, 0.6) is 0 Å². The molecular weight excluding hydrogens is 287 g/mol. The molecule has 1 amide bonds. The van der Waals surface area contributed by atoms with Crippen molar-refractivity contribution in [3.8, 4) is 0 Å². The maximum atomic E-state index is 12.6. The lowest BCUT2D eigenvalue weighted by Gasteiger charge is -2.52. The van der Waals surface area contributed by atoms with Gasteiger partial charge in [-0.25, -0.2) is 0 Å². The van der Waals surface area contributed by atoms with E-state index >= 15 is 0 Å². The maximum Gasteiger partial charge on any atom is 0.416 e. The zero-order chi connectivity index (χ0) is 15.9. The number of rotatable bonds is 4. The van der Waals surface area contributed by atoms with E-state index in [-0.39, 0.29) is 24.7 Å². The number of likely N-dealkylation sites (N-methyl/N-ethyl adjacent to an activating group) is 1. The second-order valence-electron chi connectivity index (χ2n) is 6.42. The quantitative estimate of drug-likeness (QED) is 0.865. The molecule has 4 nitrogen and oxygen atoms in total. The Balaban J connectivity index is 2.07. The first-order chi connectivity index (χ1) is 9.62. The van der Waals surface area contributed by atoms with Gasteiger partial charge in [0.05, 0.1) is 24.2 Å². The first-order valence-corrected chi connectivity index (χ1v) is 7.30. The minimum Gasteiger partial charge on any atom is -0.382 e. The Morgan fingerprint density at radius 1 is 1.33 bits per heavy atom. The fourth-order valence-electron chi connectivity index (χ4n) is 3.14. The summed E-state index contributed by atoms with van der Waals surface area (Å²) < 4.78 is 43.1. The number of nitrogens with zero attached hydrogens (tertiary/aromatic N) is 1. The fourth-order valence-corrected chi connectivity index (χ4v) is 3.14. The van der Waals surface area contributed by atoms with Crippen LogP contribution >= 0.6 is 0 Å². The van der Waals surface area contributed by atoms with Crippen LogP contribution in [-0.2, 0) is 9.53 Å². The molecule has 1 N–H and O–H groups in total. The molecule has 3 fully saturated rings. The number of aliphatic hydroxyl groups excluding tert-OH is 1. The molecule has 1 atom stereocenters. The number of hydrogen-bond acceptors (Lipinski definition) is 3. The predicted molar refractivity (Wildman–Crippen MR) is 69.6 cm³/mol. The largest absolute Gasteiger partial charge is 0.416 e. The minimum absolute atomic E-state index is 0.144. The second kappa shape index (κ2) is 5.43. The van der Waals surface area contributed by atoms with Gasteiger partial charge in [-0.1, -0.05) is 0 Å². The van der Waals surface area contributed by atoms with Crippen LogP contribution in [0.2, 0.25) is 0 Å². The lowest BCUT2D eigenvalue weighted by atomic mass is 9.66. The first-order valence-electron chi connectivity index (χ1n) is 7.30. The molecule has 0 aromatic rings. The van der Waals surface area contributed by atoms with E-state index in [9.17, 15) is 23.1 Å². The van der Waals surface area contributed by atoms with Crippen LogP contribution < -0.4 is 0 Å². The van der Waals surface area contributed by atoms with Gasteiger partial charge in [0.1, 0.15) is 0 Å². The topological polar surface area (TPSA) is 49.8 Å². The number of carbonyl (C=O) groups is 1. The van der Waals surface area contributed by atoms with Crippen molar-refractivity contribution in [3.05, 3.63) is 0 Å². The normalized spacial score (nSPS) is 33.8. The summed E-state index contributed by atoms with van der Waals surface area (Å²) in [6.45, 7) is 3.32. The van der Waals surface area contributed by atoms with E-state index in [0.29, 0.717) is 12.8 Å². The van der Waals surface area contributed by atoms with Gasteiger partial charge < -0.3 is 14.7 Å². The number of ether oxygens (including phenoxy) is 1. The zero-order valence-corrected chi connectivity index (χ0v) is 12.4. The smallest absolute Gasteiger partial charge is 0.382 e. The summed E-state index contributed by atoms with van der Waals surface area (Å²) in [6, 6.07) is 0. The molecule has 3 aliphatic rings. The fraction of sp³-hybridized carbons (Fsp3) is 0.929. The van der Waals surface area contributed by atoms with Gasteiger partial charge >= 0.3 is 6.18 Å². The van der Waals surface area contributed by atoms with E-state index in [2.05, 4.69) is 0 Å². The molecule has 1 aliphatic carbocycles. The number of amides is 1. The standard InChI is InChI=1S/C14H22F3NO3/c1-3-18(8-10(19)14(15,16)17)11(20)13-6-4-12(2,5-7-13)21-9-13/h10,19H,3-9H2,1-2H3. The van der Waals surface area contributed by atoms with Crippen molar-refractivity contribution in [3.63, 3.8) is 0 Å². The van der Waals surface area contributed by atoms with Gasteiger partial charge in [-0.15, -0.1) is 0 Å². The maximum absolute atomic E-state index is 12.6. The molecule has 2 bridgehead atoms. The van der Waals surface area contributed by atoms with Gasteiger partial charge in [0.25, 0.3) is 0 Å². The van der Waals surface area contributed by atoms with Gasteiger partial charge in [0.2, 0.25) is 5.91 Å². The first kappa shape index (κ1) is 16.5. The van der Waals surface area contributed by atoms with E-state index in [4.69, 9.17) is 4.74 Å². The third kappa shape index (κ3) is 3.18. The molecule has 7 heteroatoms. The second-order valence-corrected chi connectivity index (χ2v) is 6.42. The Hall–Kier alpha value is -0.820. The molecule has 3 rings (SSSR count). The number of carbonyl (C=O) groups excluding carboxylic acids is 1. The molecule has 2 heterocycles. The van der Waals surface area contributed by atoms with Crippen molar-refractivity contribution < 1.29 is 27.8 Å². The molecule has 0 aromatic carbocycles. The molecule has 0 radical (unpaired) electrons. The number of hydrogen-bond donors (Lipinski definition) is 1. The molecular formula is C14H22F3NO3. The molecule has 1 saturated carbocycles. The predicted octanol–water partition coefficient (Wildman–Crippen LogP) is 2.11. The third-order valence-corrected chi connectivity index (χ3v) is 4.86. The van der Waals surface area contributed by atoms with E-state index in [0.717, 1.165) is 17.7 Å². The molecule has 2 saturated heterocycles. The van der Waals surface area contributed by atoms with Gasteiger partial charge in [-0.3, -0.25) is 4.79 Å². The highest BCUT2D eigenvalue weighted by atomic mass is 19.4. The average molecular weight is 309 g/mol. The number of halogens is 3. The van der Waals surface area contributed by atoms with E-state index in [1.807, 2.05) is 6.92 Å². The monoisotopic (exact) mass is 309 g/mol. The van der Waals surface area contributed by atoms with Gasteiger partial charge in [0.15, 0.2) is 6.10 Å². The summed E-state index contributed by atoms with van der Waals surface area (Å²) in [5.74, 6) is -0.324. The zero-order valence-electron chi connectivity index (χ0n) is 12.4. The van der Waals surface area contributed by atoms with Crippen molar-refractivity contribution in [2.45, 2.75) is 57.4 Å². The lowest BCUT2D eigenvalue weighted by molar-refractivity contribution is -0.213. The van der Waals surface area contributed by atoms with Crippen molar-refractivity contribution in [2.24, 2.45) is 5.41 Å². The third-order valence-electron chi connectivity index (χ3n) is 4.86. The average Bonchev–Trinajstić information content (AvgIpc) is 2.44. The van der Waals surface area contributed by atoms with Crippen LogP contribution in [-0.4, -0.2) is 53.5 Å². The Bertz CT molecular complexity index is 386. The molecule has 0 aromatic heterocycles. The Kier molecular flexibility index (Phi) is 4.28. The van der Waals surface area contributed by atoms with Gasteiger partial charge in [0, 0.05) is 6.54 Å². The van der Waals surface area contributed by atoms with Crippen molar-refractivity contribution in [2.75, 3.05) is 19.7 Å². The lowest BCUT2D eigenvalue weighted by Crippen LogP contribution is -2.58. The highest BCUT2D eigenvalue weighted by molar-refractivity contribution is 5.83. The molecule has 122 valence electrons. The molecule has 0 spiro atoms. The Morgan fingerprint density at radius 2 is 1.90 bits per heavy atom. The van der Waals surface area contributed by atoms with Gasteiger partial charge in [-0.2, -0.15) is 13.2 Å². The summed E-state index contributed by atoms with van der Waals surface area (Å²) in [5, 5.41) is 9.19. The Morgan fingerprint density at radius 3 is 2.29 bits per heavy atom. The number of fused-ring (bicyclic) bond motifs is 3. The SMILES string of the molecule is CCN(CC(O)C(F)(F)F)C(=O)C12CCC(C)(CC1)OC2. The van der Waals surface area contributed by atoms with Crippen LogP contribution in [0.3, 0.4) is 0 Å². The van der Waals surface area contributed by atoms with E-state index in [1.165, 1.54) is 0 Å². The summed E-state index contributed by atoms with van der Waals surface area (Å²) in [7, 11) is 0. The van der Waals surface area contributed by atoms with Crippen molar-refractivity contribution >= 4 is 5.91 Å². The summed E-state index contributed by atoms with van der Waals surface area (Å²) >= 11 is 0. The van der Waals surface area contributed by atoms with Crippen molar-refractivity contribution in [1.29, 1.82) is 0 Å². The highest BCUT2D eigenvalue weighted by Crippen LogP contribution is 2.49. The number of aliphatic hydroxyl groups is 1. The van der Waals surface area contributed by atoms with Crippen LogP contribution in [0.4, 0.5) is 13.2 Å². The van der Waals surface area contributed by atoms with Crippen LogP contribution in [0.25, 0.3) is 0 Å². The highest BCUT2D eigenvalue weighted by Gasteiger charge is 2.53. The van der Waals surface area contributed by atoms with E-state index in [1.54, 1.807) is 6.92 Å². The Labute approximate surface area is 122 Å². The van der Waals surface area contributed by atoms with Gasteiger partial charge in [-0.05, 0) is 39.5 Å². The minimum atomic E-state index is -4.71. The summed E-state index contributed by atoms with van der Waals surface area (Å²) in [5.41, 5.74) is -0.899. The van der Waals surface area contributed by atoms with Crippen LogP contribution in [0.1, 0.15) is 39.5 Å². The number of alkyl halides is 3. The van der Waals surface area contributed by atoms with E-state index < -0.39 is 24.2 Å². The van der Waals surface area contributed by atoms with Crippen LogP contribution in [0, 0.1) is 5.41 Å². The molecule has 21 heavy (non-hydrogen) atoms. The summed E-state index contributed by atoms with van der Waals surface area (Å²) in [4.78, 5) is 13.7. The van der Waals surface area contributed by atoms with Crippen LogP contribution in [0.15, 0.2) is 0 Å². The molecule has 1 unspecified atom stereocenters.